The highest BCUT2D eigenvalue weighted by atomic mass is 16.2. The fourth-order valence-electron chi connectivity index (χ4n) is 1.47. The minimum Gasteiger partial charge on any atom is -0.339 e. The van der Waals surface area contributed by atoms with Crippen molar-refractivity contribution in [1.29, 1.82) is 0 Å². The van der Waals surface area contributed by atoms with Crippen molar-refractivity contribution < 1.29 is 4.79 Å². The minimum atomic E-state index is 0.173. The predicted octanol–water partition coefficient (Wildman–Crippen LogP) is 1.26. The maximum absolute atomic E-state index is 11.3. The van der Waals surface area contributed by atoms with Gasteiger partial charge in [0.25, 0.3) is 0 Å². The zero-order valence-corrected chi connectivity index (χ0v) is 9.22. The number of H-pyrrole nitrogens is 1. The molecule has 0 unspecified atom stereocenters. The Morgan fingerprint density at radius 1 is 1.43 bits per heavy atom. The lowest BCUT2D eigenvalue weighted by Gasteiger charge is -2.21. The highest BCUT2D eigenvalue weighted by Crippen LogP contribution is 2.18. The van der Waals surface area contributed by atoms with Gasteiger partial charge in [-0.25, -0.2) is 0 Å². The molecule has 0 saturated carbocycles. The van der Waals surface area contributed by atoms with Crippen molar-refractivity contribution in [3.8, 4) is 0 Å². The monoisotopic (exact) mass is 195 g/mol. The normalized spacial score (nSPS) is 14.6. The van der Waals surface area contributed by atoms with Crippen molar-refractivity contribution in [2.45, 2.75) is 33.7 Å². The van der Waals surface area contributed by atoms with Gasteiger partial charge in [0, 0.05) is 18.3 Å². The van der Waals surface area contributed by atoms with Gasteiger partial charge in [0.2, 0.25) is 5.91 Å². The number of hydrogen-bond acceptors (Lipinski definition) is 2. The number of fused-ring (bicyclic) bond motifs is 1. The van der Waals surface area contributed by atoms with Gasteiger partial charge in [-0.1, -0.05) is 13.8 Å². The van der Waals surface area contributed by atoms with E-state index in [0.29, 0.717) is 13.0 Å². The Morgan fingerprint density at radius 2 is 2.07 bits per heavy atom. The molecule has 0 spiro atoms. The van der Waals surface area contributed by atoms with Crippen LogP contribution in [0, 0.1) is 6.92 Å². The molecular weight excluding hydrogens is 178 g/mol. The fraction of sp³-hybridized carbons (Fsp3) is 0.600. The summed E-state index contributed by atoms with van der Waals surface area (Å²) in [6, 6.07) is 0. The number of hydrogen-bond donors (Lipinski definition) is 1. The average Bonchev–Trinajstić information content (AvgIpc) is 2.53. The number of carbonyl (C=O) groups excluding carboxylic acids is 1. The predicted molar refractivity (Wildman–Crippen MR) is 54.9 cm³/mol. The fourth-order valence-corrected chi connectivity index (χ4v) is 1.47. The largest absolute Gasteiger partial charge is 0.339 e. The molecule has 0 saturated heterocycles. The lowest BCUT2D eigenvalue weighted by molar-refractivity contribution is -0.130. The number of rotatable bonds is 0. The third kappa shape index (κ3) is 1.78. The van der Waals surface area contributed by atoms with Crippen LogP contribution >= 0.6 is 0 Å². The lowest BCUT2D eigenvalue weighted by atomic mass is 10.1. The molecule has 0 radical (unpaired) electrons. The van der Waals surface area contributed by atoms with Gasteiger partial charge in [-0.3, -0.25) is 9.89 Å². The average molecular weight is 195 g/mol. The molecule has 1 aromatic rings. The molecule has 4 heteroatoms. The zero-order valence-electron chi connectivity index (χ0n) is 9.22. The van der Waals surface area contributed by atoms with E-state index >= 15 is 0 Å². The van der Waals surface area contributed by atoms with Crippen molar-refractivity contribution >= 4 is 5.91 Å². The molecule has 0 aliphatic carbocycles. The van der Waals surface area contributed by atoms with Crippen LogP contribution in [-0.4, -0.2) is 28.1 Å². The molecule has 78 valence electrons. The number of likely N-dealkylation sites (N-methyl/N-ethyl adjacent to an activating group) is 1. The smallest absolute Gasteiger partial charge is 0.227 e. The molecule has 1 amide bonds. The molecule has 0 bridgehead atoms. The SMILES string of the molecule is CC.Cc1[nH]nc2c1CC(=O)N(C)C2. The molecular formula is C10H17N3O. The van der Waals surface area contributed by atoms with Gasteiger partial charge in [-0.2, -0.15) is 5.10 Å². The van der Waals surface area contributed by atoms with Crippen LogP contribution in [0.2, 0.25) is 0 Å². The van der Waals surface area contributed by atoms with E-state index in [-0.39, 0.29) is 5.91 Å². The minimum absolute atomic E-state index is 0.173. The third-order valence-corrected chi connectivity index (χ3v) is 2.30. The van der Waals surface area contributed by atoms with Gasteiger partial charge in [-0.05, 0) is 6.92 Å². The van der Waals surface area contributed by atoms with E-state index in [1.54, 1.807) is 11.9 Å². The lowest BCUT2D eigenvalue weighted by Crippen LogP contribution is -2.32. The standard InChI is InChI=1S/C8H11N3O.C2H6/c1-5-6-3-8(12)11(2)4-7(6)10-9-5;1-2/h3-4H2,1-2H3,(H,9,10);1-2H3. The molecule has 1 N–H and O–H groups in total. The molecule has 1 aromatic heterocycles. The van der Waals surface area contributed by atoms with Crippen molar-refractivity contribution in [3.05, 3.63) is 17.0 Å². The first-order valence-electron chi connectivity index (χ1n) is 4.95. The third-order valence-electron chi connectivity index (χ3n) is 2.30. The first kappa shape index (κ1) is 10.8. The van der Waals surface area contributed by atoms with Gasteiger partial charge < -0.3 is 4.90 Å². The highest BCUT2D eigenvalue weighted by Gasteiger charge is 2.23. The number of aryl methyl sites for hydroxylation is 1. The van der Waals surface area contributed by atoms with Crippen LogP contribution in [-0.2, 0) is 17.8 Å². The molecule has 0 aromatic carbocycles. The Hall–Kier alpha value is -1.32. The summed E-state index contributed by atoms with van der Waals surface area (Å²) in [5, 5.41) is 7.01. The van der Waals surface area contributed by atoms with Gasteiger partial charge in [0.05, 0.1) is 18.7 Å². The summed E-state index contributed by atoms with van der Waals surface area (Å²) in [5.41, 5.74) is 3.11. The molecule has 0 atom stereocenters. The zero-order chi connectivity index (χ0) is 10.7. The summed E-state index contributed by atoms with van der Waals surface area (Å²) >= 11 is 0. The quantitative estimate of drug-likeness (QED) is 0.677. The Labute approximate surface area is 84.3 Å². The van der Waals surface area contributed by atoms with Crippen LogP contribution in [0.3, 0.4) is 0 Å². The summed E-state index contributed by atoms with van der Waals surface area (Å²) in [6.45, 7) is 6.59. The summed E-state index contributed by atoms with van der Waals surface area (Å²) in [7, 11) is 1.80. The summed E-state index contributed by atoms with van der Waals surface area (Å²) in [4.78, 5) is 13.0. The number of nitrogens with zero attached hydrogens (tertiary/aromatic N) is 2. The molecule has 4 nitrogen and oxygen atoms in total. The number of amides is 1. The molecule has 2 rings (SSSR count). The van der Waals surface area contributed by atoms with E-state index in [4.69, 9.17) is 0 Å². The van der Waals surface area contributed by atoms with E-state index in [2.05, 4.69) is 10.2 Å². The van der Waals surface area contributed by atoms with Gasteiger partial charge in [0.1, 0.15) is 0 Å². The maximum atomic E-state index is 11.3. The molecule has 14 heavy (non-hydrogen) atoms. The van der Waals surface area contributed by atoms with Crippen LogP contribution in [0.25, 0.3) is 0 Å². The Kier molecular flexibility index (Phi) is 3.28. The first-order valence-corrected chi connectivity index (χ1v) is 4.95. The van der Waals surface area contributed by atoms with Crippen molar-refractivity contribution in [2.24, 2.45) is 0 Å². The number of aromatic nitrogens is 2. The van der Waals surface area contributed by atoms with E-state index in [1.807, 2.05) is 20.8 Å². The number of nitrogens with one attached hydrogen (secondary N) is 1. The van der Waals surface area contributed by atoms with Crippen LogP contribution in [0.5, 0.6) is 0 Å². The van der Waals surface area contributed by atoms with Gasteiger partial charge in [0.15, 0.2) is 0 Å². The number of carbonyl (C=O) groups is 1. The summed E-state index contributed by atoms with van der Waals surface area (Å²) in [6.07, 6.45) is 0.494. The second kappa shape index (κ2) is 4.26. The van der Waals surface area contributed by atoms with E-state index in [9.17, 15) is 4.79 Å². The van der Waals surface area contributed by atoms with Gasteiger partial charge >= 0.3 is 0 Å². The Balaban J connectivity index is 0.000000461. The first-order chi connectivity index (χ1) is 6.68. The Bertz CT molecular complexity index is 330. The molecule has 1 aliphatic rings. The van der Waals surface area contributed by atoms with Crippen molar-refractivity contribution in [1.82, 2.24) is 15.1 Å². The highest BCUT2D eigenvalue weighted by molar-refractivity contribution is 5.80. The van der Waals surface area contributed by atoms with Gasteiger partial charge in [-0.15, -0.1) is 0 Å². The van der Waals surface area contributed by atoms with Crippen LogP contribution < -0.4 is 0 Å². The molecule has 0 fully saturated rings. The van der Waals surface area contributed by atoms with Crippen LogP contribution in [0.1, 0.15) is 30.8 Å². The summed E-state index contributed by atoms with van der Waals surface area (Å²) < 4.78 is 0. The van der Waals surface area contributed by atoms with E-state index in [1.165, 1.54) is 0 Å². The molecule has 1 aliphatic heterocycles. The Morgan fingerprint density at radius 3 is 2.71 bits per heavy atom. The maximum Gasteiger partial charge on any atom is 0.227 e. The topological polar surface area (TPSA) is 49.0 Å². The molecule has 2 heterocycles. The number of aromatic amines is 1. The van der Waals surface area contributed by atoms with Crippen LogP contribution in [0.4, 0.5) is 0 Å². The van der Waals surface area contributed by atoms with Crippen LogP contribution in [0.15, 0.2) is 0 Å². The second-order valence-electron chi connectivity index (χ2n) is 3.20. The van der Waals surface area contributed by atoms with Crippen molar-refractivity contribution in [3.63, 3.8) is 0 Å². The second-order valence-corrected chi connectivity index (χ2v) is 3.20. The summed E-state index contributed by atoms with van der Waals surface area (Å²) in [5.74, 6) is 0.173. The van der Waals surface area contributed by atoms with E-state index in [0.717, 1.165) is 17.0 Å². The van der Waals surface area contributed by atoms with E-state index < -0.39 is 0 Å². The van der Waals surface area contributed by atoms with Crippen molar-refractivity contribution in [2.75, 3.05) is 7.05 Å².